The van der Waals surface area contributed by atoms with Crippen LogP contribution in [0.4, 0.5) is 0 Å². The standard InChI is InChI=1S/C20H18N2O5/c23-19(11-22-15-3-1-2-4-16(15)27-20(22)24)21-8-7-14(10-21)13-5-6-17-18(9-13)26-12-25-17/h1-6,9,14H,7-8,10-12H2. The molecule has 1 fully saturated rings. The van der Waals surface area contributed by atoms with Gasteiger partial charge in [-0.15, -0.1) is 0 Å². The second kappa shape index (κ2) is 6.19. The maximum atomic E-state index is 12.8. The van der Waals surface area contributed by atoms with Crippen molar-refractivity contribution in [3.05, 3.63) is 58.6 Å². The van der Waals surface area contributed by atoms with Crippen LogP contribution in [0.5, 0.6) is 11.5 Å². The van der Waals surface area contributed by atoms with E-state index in [-0.39, 0.29) is 25.2 Å². The monoisotopic (exact) mass is 366 g/mol. The Morgan fingerprint density at radius 3 is 2.89 bits per heavy atom. The van der Waals surface area contributed by atoms with Crippen LogP contribution in [0.15, 0.2) is 51.7 Å². The molecule has 0 bridgehead atoms. The molecular formula is C20H18N2O5. The minimum atomic E-state index is -0.504. The molecule has 1 amide bonds. The van der Waals surface area contributed by atoms with Crippen LogP contribution >= 0.6 is 0 Å². The lowest BCUT2D eigenvalue weighted by Crippen LogP contribution is -2.34. The summed E-state index contributed by atoms with van der Waals surface area (Å²) in [4.78, 5) is 26.6. The largest absolute Gasteiger partial charge is 0.454 e. The van der Waals surface area contributed by atoms with Crippen LogP contribution in [0.1, 0.15) is 17.9 Å². The van der Waals surface area contributed by atoms with Gasteiger partial charge < -0.3 is 18.8 Å². The van der Waals surface area contributed by atoms with Crippen molar-refractivity contribution < 1.29 is 18.7 Å². The van der Waals surface area contributed by atoms with Crippen LogP contribution in [-0.2, 0) is 11.3 Å². The number of hydrogen-bond donors (Lipinski definition) is 0. The number of fused-ring (bicyclic) bond motifs is 2. The lowest BCUT2D eigenvalue weighted by molar-refractivity contribution is -0.130. The SMILES string of the molecule is O=C(Cn1c(=O)oc2ccccc21)N1CCC(c2ccc3c(c2)OCO3)C1. The normalized spacial score (nSPS) is 18.4. The highest BCUT2D eigenvalue weighted by atomic mass is 16.7. The fourth-order valence-corrected chi connectivity index (χ4v) is 3.82. The van der Waals surface area contributed by atoms with Crippen LogP contribution in [0.3, 0.4) is 0 Å². The third-order valence-electron chi connectivity index (χ3n) is 5.28. The number of carbonyl (C=O) groups is 1. The number of rotatable bonds is 3. The van der Waals surface area contributed by atoms with Crippen molar-refractivity contribution in [2.24, 2.45) is 0 Å². The van der Waals surface area contributed by atoms with Crippen molar-refractivity contribution >= 4 is 17.0 Å². The van der Waals surface area contributed by atoms with Crippen molar-refractivity contribution in [3.8, 4) is 11.5 Å². The molecule has 1 atom stereocenters. The van der Waals surface area contributed by atoms with Gasteiger partial charge in [0, 0.05) is 19.0 Å². The zero-order chi connectivity index (χ0) is 18.4. The van der Waals surface area contributed by atoms with Gasteiger partial charge in [0.25, 0.3) is 0 Å². The molecule has 1 aromatic heterocycles. The van der Waals surface area contributed by atoms with Crippen LogP contribution in [-0.4, -0.2) is 35.3 Å². The summed E-state index contributed by atoms with van der Waals surface area (Å²) in [6.07, 6.45) is 0.881. The number of amides is 1. The molecule has 0 spiro atoms. The molecule has 7 heteroatoms. The van der Waals surface area contributed by atoms with Crippen molar-refractivity contribution in [1.29, 1.82) is 0 Å². The lowest BCUT2D eigenvalue weighted by Gasteiger charge is -2.17. The first kappa shape index (κ1) is 16.0. The van der Waals surface area contributed by atoms with Crippen molar-refractivity contribution in [3.63, 3.8) is 0 Å². The molecule has 27 heavy (non-hydrogen) atoms. The highest BCUT2D eigenvalue weighted by Gasteiger charge is 2.29. The number of ether oxygens (including phenoxy) is 2. The summed E-state index contributed by atoms with van der Waals surface area (Å²) in [5.41, 5.74) is 2.28. The third-order valence-corrected chi connectivity index (χ3v) is 5.28. The van der Waals surface area contributed by atoms with E-state index in [1.165, 1.54) is 4.57 Å². The van der Waals surface area contributed by atoms with Crippen LogP contribution in [0.2, 0.25) is 0 Å². The molecule has 2 aliphatic heterocycles. The highest BCUT2D eigenvalue weighted by molar-refractivity contribution is 5.80. The molecule has 1 saturated heterocycles. The van der Waals surface area contributed by atoms with Gasteiger partial charge in [0.1, 0.15) is 6.54 Å². The molecule has 138 valence electrons. The minimum Gasteiger partial charge on any atom is -0.454 e. The lowest BCUT2D eigenvalue weighted by atomic mass is 9.98. The molecule has 5 rings (SSSR count). The molecular weight excluding hydrogens is 348 g/mol. The summed E-state index contributed by atoms with van der Waals surface area (Å²) >= 11 is 0. The first-order chi connectivity index (χ1) is 13.2. The number of aromatic nitrogens is 1. The molecule has 2 aromatic carbocycles. The Balaban J connectivity index is 1.32. The average Bonchev–Trinajstić information content (AvgIpc) is 3.40. The predicted octanol–water partition coefficient (Wildman–Crippen LogP) is 2.34. The fraction of sp³-hybridized carbons (Fsp3) is 0.300. The Kier molecular flexibility index (Phi) is 3.67. The van der Waals surface area contributed by atoms with Gasteiger partial charge in [-0.3, -0.25) is 9.36 Å². The van der Waals surface area contributed by atoms with E-state index in [2.05, 4.69) is 0 Å². The van der Waals surface area contributed by atoms with Crippen molar-refractivity contribution in [2.45, 2.75) is 18.9 Å². The van der Waals surface area contributed by atoms with E-state index < -0.39 is 5.76 Å². The minimum absolute atomic E-state index is 0.0102. The quantitative estimate of drug-likeness (QED) is 0.711. The Bertz CT molecular complexity index is 1080. The molecule has 3 aromatic rings. The molecule has 0 radical (unpaired) electrons. The molecule has 1 unspecified atom stereocenters. The fourth-order valence-electron chi connectivity index (χ4n) is 3.82. The summed E-state index contributed by atoms with van der Waals surface area (Å²) in [5.74, 6) is 1.19. The number of benzene rings is 2. The first-order valence-corrected chi connectivity index (χ1v) is 8.95. The maximum Gasteiger partial charge on any atom is 0.420 e. The number of para-hydroxylation sites is 2. The van der Waals surface area contributed by atoms with Gasteiger partial charge in [0.05, 0.1) is 5.52 Å². The molecule has 2 aliphatic rings. The Morgan fingerprint density at radius 2 is 1.96 bits per heavy atom. The molecule has 0 N–H and O–H groups in total. The van der Waals surface area contributed by atoms with Crippen molar-refractivity contribution in [2.75, 3.05) is 19.9 Å². The van der Waals surface area contributed by atoms with Crippen LogP contribution in [0, 0.1) is 0 Å². The molecule has 3 heterocycles. The Morgan fingerprint density at radius 1 is 1.11 bits per heavy atom. The number of oxazole rings is 1. The van der Waals surface area contributed by atoms with E-state index in [1.54, 1.807) is 18.2 Å². The van der Waals surface area contributed by atoms with E-state index >= 15 is 0 Å². The average molecular weight is 366 g/mol. The number of hydrogen-bond acceptors (Lipinski definition) is 5. The summed E-state index contributed by atoms with van der Waals surface area (Å²) in [5, 5.41) is 0. The van der Waals surface area contributed by atoms with Crippen LogP contribution in [0.25, 0.3) is 11.1 Å². The van der Waals surface area contributed by atoms with E-state index in [4.69, 9.17) is 13.9 Å². The zero-order valence-electron chi connectivity index (χ0n) is 14.6. The van der Waals surface area contributed by atoms with Gasteiger partial charge in [-0.05, 0) is 36.2 Å². The predicted molar refractivity (Wildman–Crippen MR) is 97.0 cm³/mol. The van der Waals surface area contributed by atoms with E-state index in [0.717, 1.165) is 23.5 Å². The van der Waals surface area contributed by atoms with E-state index in [0.29, 0.717) is 24.2 Å². The second-order valence-electron chi connectivity index (χ2n) is 6.86. The van der Waals surface area contributed by atoms with Gasteiger partial charge in [0.15, 0.2) is 17.1 Å². The third kappa shape index (κ3) is 2.75. The summed E-state index contributed by atoms with van der Waals surface area (Å²) in [6, 6.07) is 13.1. The van der Waals surface area contributed by atoms with Gasteiger partial charge in [-0.2, -0.15) is 0 Å². The topological polar surface area (TPSA) is 73.9 Å². The van der Waals surface area contributed by atoms with Crippen LogP contribution < -0.4 is 15.2 Å². The van der Waals surface area contributed by atoms with Crippen molar-refractivity contribution in [1.82, 2.24) is 9.47 Å². The Hall–Kier alpha value is -3.22. The van der Waals surface area contributed by atoms with E-state index in [9.17, 15) is 9.59 Å². The maximum absolute atomic E-state index is 12.8. The van der Waals surface area contributed by atoms with Gasteiger partial charge in [-0.1, -0.05) is 18.2 Å². The molecule has 0 aliphatic carbocycles. The number of nitrogens with zero attached hydrogens (tertiary/aromatic N) is 2. The first-order valence-electron chi connectivity index (χ1n) is 8.95. The molecule has 0 saturated carbocycles. The van der Waals surface area contributed by atoms with Gasteiger partial charge >= 0.3 is 5.76 Å². The second-order valence-corrected chi connectivity index (χ2v) is 6.86. The summed E-state index contributed by atoms with van der Waals surface area (Å²) in [6.45, 7) is 1.54. The highest BCUT2D eigenvalue weighted by Crippen LogP contribution is 2.37. The smallest absolute Gasteiger partial charge is 0.420 e. The Labute approximate surface area is 154 Å². The van der Waals surface area contributed by atoms with Gasteiger partial charge in [-0.25, -0.2) is 4.79 Å². The number of carbonyl (C=O) groups excluding carboxylic acids is 1. The number of likely N-dealkylation sites (tertiary alicyclic amines) is 1. The van der Waals surface area contributed by atoms with Gasteiger partial charge in [0.2, 0.25) is 12.7 Å². The zero-order valence-corrected chi connectivity index (χ0v) is 14.6. The summed E-state index contributed by atoms with van der Waals surface area (Å²) in [7, 11) is 0. The molecule has 7 nitrogen and oxygen atoms in total. The summed E-state index contributed by atoms with van der Waals surface area (Å²) < 4.78 is 17.4. The van der Waals surface area contributed by atoms with E-state index in [1.807, 2.05) is 29.2 Å².